The molecule has 0 aromatic heterocycles. The van der Waals surface area contributed by atoms with Gasteiger partial charge in [0.25, 0.3) is 5.69 Å². The number of amides is 1. The Labute approximate surface area is 157 Å². The van der Waals surface area contributed by atoms with Crippen LogP contribution >= 0.6 is 0 Å². The number of hydrogen-bond donors (Lipinski definition) is 0. The van der Waals surface area contributed by atoms with Gasteiger partial charge in [-0.3, -0.25) is 14.9 Å². The number of nitro groups is 1. The van der Waals surface area contributed by atoms with Crippen LogP contribution in [-0.4, -0.2) is 49.0 Å². The first-order valence-corrected chi connectivity index (χ1v) is 8.67. The zero-order chi connectivity index (χ0) is 19.2. The molecule has 0 aliphatic carbocycles. The molecule has 7 nitrogen and oxygen atoms in total. The first kappa shape index (κ1) is 18.4. The van der Waals surface area contributed by atoms with E-state index in [0.29, 0.717) is 26.2 Å². The molecule has 1 saturated heterocycles. The predicted molar refractivity (Wildman–Crippen MR) is 104 cm³/mol. The second kappa shape index (κ2) is 8.35. The highest BCUT2D eigenvalue weighted by Crippen LogP contribution is 2.21. The number of methoxy groups -OCH3 is 1. The lowest BCUT2D eigenvalue weighted by molar-refractivity contribution is -0.384. The molecule has 1 fully saturated rings. The molecule has 1 heterocycles. The van der Waals surface area contributed by atoms with Crippen molar-refractivity contribution in [2.75, 3.05) is 38.2 Å². The number of rotatable bonds is 5. The molecule has 0 unspecified atom stereocenters. The number of non-ortho nitro benzene ring substituents is 1. The number of piperazine rings is 1. The summed E-state index contributed by atoms with van der Waals surface area (Å²) < 4.78 is 5.12. The van der Waals surface area contributed by atoms with E-state index in [1.165, 1.54) is 12.1 Å². The van der Waals surface area contributed by atoms with E-state index in [2.05, 4.69) is 4.90 Å². The Morgan fingerprint density at radius 1 is 1.04 bits per heavy atom. The Morgan fingerprint density at radius 2 is 1.67 bits per heavy atom. The summed E-state index contributed by atoms with van der Waals surface area (Å²) >= 11 is 0. The van der Waals surface area contributed by atoms with Gasteiger partial charge in [0, 0.05) is 50.1 Å². The summed E-state index contributed by atoms with van der Waals surface area (Å²) in [5.74, 6) is 0.759. The third-order valence-corrected chi connectivity index (χ3v) is 4.55. The standard InChI is InChI=1S/C20H21N3O4/c1-27-19-9-2-16(3-10-19)4-11-20(24)22-14-12-21(13-15-22)17-5-7-18(8-6-17)23(25)26/h2-11H,12-15H2,1H3/b11-4+. The fraction of sp³-hybridized carbons (Fsp3) is 0.250. The van der Waals surface area contributed by atoms with Gasteiger partial charge in [0.2, 0.25) is 5.91 Å². The van der Waals surface area contributed by atoms with Crippen molar-refractivity contribution in [3.63, 3.8) is 0 Å². The van der Waals surface area contributed by atoms with Crippen molar-refractivity contribution in [2.45, 2.75) is 0 Å². The van der Waals surface area contributed by atoms with Gasteiger partial charge in [0.15, 0.2) is 0 Å². The summed E-state index contributed by atoms with van der Waals surface area (Å²) in [5.41, 5.74) is 1.95. The molecule has 0 radical (unpaired) electrons. The SMILES string of the molecule is COc1ccc(/C=C/C(=O)N2CCN(c3ccc([N+](=O)[O-])cc3)CC2)cc1. The summed E-state index contributed by atoms with van der Waals surface area (Å²) in [6.45, 7) is 2.62. The van der Waals surface area contributed by atoms with E-state index in [-0.39, 0.29) is 11.6 Å². The number of hydrogen-bond acceptors (Lipinski definition) is 5. The van der Waals surface area contributed by atoms with Crippen molar-refractivity contribution >= 4 is 23.4 Å². The van der Waals surface area contributed by atoms with Crippen molar-refractivity contribution in [1.82, 2.24) is 4.90 Å². The highest BCUT2D eigenvalue weighted by molar-refractivity contribution is 5.92. The molecule has 0 atom stereocenters. The number of anilines is 1. The van der Waals surface area contributed by atoms with Gasteiger partial charge in [0.1, 0.15) is 5.75 Å². The number of benzene rings is 2. The normalized spacial score (nSPS) is 14.4. The Morgan fingerprint density at radius 3 is 2.22 bits per heavy atom. The van der Waals surface area contributed by atoms with Crippen LogP contribution in [0.4, 0.5) is 11.4 Å². The van der Waals surface area contributed by atoms with Crippen LogP contribution in [0.3, 0.4) is 0 Å². The maximum Gasteiger partial charge on any atom is 0.269 e. The molecule has 0 saturated carbocycles. The van der Waals surface area contributed by atoms with Crippen LogP contribution in [0.1, 0.15) is 5.56 Å². The average molecular weight is 367 g/mol. The number of carbonyl (C=O) groups excluding carboxylic acids is 1. The predicted octanol–water partition coefficient (Wildman–Crippen LogP) is 2.97. The fourth-order valence-corrected chi connectivity index (χ4v) is 2.96. The second-order valence-corrected chi connectivity index (χ2v) is 6.19. The molecule has 2 aromatic carbocycles. The molecule has 0 spiro atoms. The van der Waals surface area contributed by atoms with Crippen LogP contribution in [-0.2, 0) is 4.79 Å². The van der Waals surface area contributed by atoms with Gasteiger partial charge in [-0.05, 0) is 35.9 Å². The molecule has 0 bridgehead atoms. The molecule has 2 aromatic rings. The minimum Gasteiger partial charge on any atom is -0.497 e. The van der Waals surface area contributed by atoms with Gasteiger partial charge < -0.3 is 14.5 Å². The second-order valence-electron chi connectivity index (χ2n) is 6.19. The van der Waals surface area contributed by atoms with Crippen LogP contribution in [0.2, 0.25) is 0 Å². The van der Waals surface area contributed by atoms with Gasteiger partial charge >= 0.3 is 0 Å². The molecular weight excluding hydrogens is 346 g/mol. The summed E-state index contributed by atoms with van der Waals surface area (Å²) in [7, 11) is 1.62. The van der Waals surface area contributed by atoms with Crippen LogP contribution < -0.4 is 9.64 Å². The topological polar surface area (TPSA) is 75.9 Å². The Balaban J connectivity index is 1.54. The van der Waals surface area contributed by atoms with Crippen LogP contribution in [0, 0.1) is 10.1 Å². The Kier molecular flexibility index (Phi) is 5.71. The molecule has 27 heavy (non-hydrogen) atoms. The highest BCUT2D eigenvalue weighted by Gasteiger charge is 2.20. The summed E-state index contributed by atoms with van der Waals surface area (Å²) in [5, 5.41) is 10.7. The minimum atomic E-state index is -0.407. The molecule has 7 heteroatoms. The van der Waals surface area contributed by atoms with E-state index in [4.69, 9.17) is 4.74 Å². The molecule has 0 N–H and O–H groups in total. The average Bonchev–Trinajstić information content (AvgIpc) is 2.72. The summed E-state index contributed by atoms with van der Waals surface area (Å²) in [6.07, 6.45) is 3.38. The first-order valence-electron chi connectivity index (χ1n) is 8.67. The maximum absolute atomic E-state index is 12.4. The largest absolute Gasteiger partial charge is 0.497 e. The molecule has 1 aliphatic heterocycles. The first-order chi connectivity index (χ1) is 13.1. The van der Waals surface area contributed by atoms with E-state index >= 15 is 0 Å². The van der Waals surface area contributed by atoms with E-state index in [1.807, 2.05) is 29.2 Å². The van der Waals surface area contributed by atoms with Crippen molar-refractivity contribution in [1.29, 1.82) is 0 Å². The fourth-order valence-electron chi connectivity index (χ4n) is 2.96. The molecule has 3 rings (SSSR count). The Hall–Kier alpha value is -3.35. The van der Waals surface area contributed by atoms with Crippen molar-refractivity contribution < 1.29 is 14.5 Å². The number of carbonyl (C=O) groups is 1. The van der Waals surface area contributed by atoms with E-state index in [0.717, 1.165) is 17.0 Å². The monoisotopic (exact) mass is 367 g/mol. The van der Waals surface area contributed by atoms with Gasteiger partial charge in [0.05, 0.1) is 12.0 Å². The molecule has 140 valence electrons. The number of nitro benzene ring substituents is 1. The van der Waals surface area contributed by atoms with E-state index in [9.17, 15) is 14.9 Å². The number of ether oxygens (including phenoxy) is 1. The lowest BCUT2D eigenvalue weighted by atomic mass is 10.2. The van der Waals surface area contributed by atoms with Crippen LogP contribution in [0.15, 0.2) is 54.6 Å². The van der Waals surface area contributed by atoms with E-state index in [1.54, 1.807) is 31.4 Å². The molecule has 1 aliphatic rings. The van der Waals surface area contributed by atoms with Gasteiger partial charge in [-0.2, -0.15) is 0 Å². The van der Waals surface area contributed by atoms with Crippen molar-refractivity contribution in [3.8, 4) is 5.75 Å². The molecular formula is C20H21N3O4. The Bertz CT molecular complexity index is 823. The zero-order valence-corrected chi connectivity index (χ0v) is 15.1. The maximum atomic E-state index is 12.4. The lowest BCUT2D eigenvalue weighted by Crippen LogP contribution is -2.48. The smallest absolute Gasteiger partial charge is 0.269 e. The van der Waals surface area contributed by atoms with Crippen LogP contribution in [0.25, 0.3) is 6.08 Å². The minimum absolute atomic E-state index is 0.0193. The number of nitrogens with zero attached hydrogens (tertiary/aromatic N) is 3. The van der Waals surface area contributed by atoms with Gasteiger partial charge in [-0.1, -0.05) is 12.1 Å². The van der Waals surface area contributed by atoms with Gasteiger partial charge in [-0.25, -0.2) is 0 Å². The zero-order valence-electron chi connectivity index (χ0n) is 15.1. The van der Waals surface area contributed by atoms with Crippen molar-refractivity contribution in [2.24, 2.45) is 0 Å². The lowest BCUT2D eigenvalue weighted by Gasteiger charge is -2.35. The van der Waals surface area contributed by atoms with Crippen LogP contribution in [0.5, 0.6) is 5.75 Å². The van der Waals surface area contributed by atoms with E-state index < -0.39 is 4.92 Å². The highest BCUT2D eigenvalue weighted by atomic mass is 16.6. The quantitative estimate of drug-likeness (QED) is 0.461. The third kappa shape index (κ3) is 4.63. The summed E-state index contributed by atoms with van der Waals surface area (Å²) in [6, 6.07) is 14.0. The molecule has 1 amide bonds. The third-order valence-electron chi connectivity index (χ3n) is 4.55. The van der Waals surface area contributed by atoms with Crippen molar-refractivity contribution in [3.05, 3.63) is 70.3 Å². The van der Waals surface area contributed by atoms with Gasteiger partial charge in [-0.15, -0.1) is 0 Å². The summed E-state index contributed by atoms with van der Waals surface area (Å²) in [4.78, 5) is 26.6.